The fraction of sp³-hybridized carbons (Fsp3) is 0.500. The third kappa shape index (κ3) is 3.24. The molecule has 1 saturated carbocycles. The summed E-state index contributed by atoms with van der Waals surface area (Å²) in [5.74, 6) is -1.93. The lowest BCUT2D eigenvalue weighted by atomic mass is 10.1. The van der Waals surface area contributed by atoms with E-state index >= 15 is 0 Å². The Morgan fingerprint density at radius 3 is 2.65 bits per heavy atom. The molecule has 110 valence electrons. The quantitative estimate of drug-likeness (QED) is 0.792. The Morgan fingerprint density at radius 1 is 1.45 bits per heavy atom. The summed E-state index contributed by atoms with van der Waals surface area (Å²) in [6.45, 7) is 2.61. The van der Waals surface area contributed by atoms with Gasteiger partial charge in [-0.1, -0.05) is 12.2 Å². The van der Waals surface area contributed by atoms with E-state index in [1.165, 1.54) is 25.0 Å². The fourth-order valence-electron chi connectivity index (χ4n) is 2.12. The summed E-state index contributed by atoms with van der Waals surface area (Å²) in [4.78, 5) is 2.11. The van der Waals surface area contributed by atoms with Gasteiger partial charge in [0.2, 0.25) is 0 Å². The number of nitrogens with zero attached hydrogens (tertiary/aromatic N) is 1. The average Bonchev–Trinajstić information content (AvgIpc) is 3.23. The fourth-order valence-corrected chi connectivity index (χ4v) is 2.28. The Hall–Kier alpha value is -1.27. The normalized spacial score (nSPS) is 16.2. The van der Waals surface area contributed by atoms with Crippen LogP contribution in [0.4, 0.5) is 14.5 Å². The molecular weight excluding hydrogens is 280 g/mol. The number of rotatable bonds is 6. The molecule has 1 aromatic carbocycles. The molecule has 1 unspecified atom stereocenters. The van der Waals surface area contributed by atoms with Crippen LogP contribution in [0, 0.1) is 11.6 Å². The van der Waals surface area contributed by atoms with Gasteiger partial charge in [-0.3, -0.25) is 4.90 Å². The highest BCUT2D eigenvalue weighted by Gasteiger charge is 2.29. The Bertz CT molecular complexity index is 517. The van der Waals surface area contributed by atoms with Crippen molar-refractivity contribution >= 4 is 22.9 Å². The maximum atomic E-state index is 13.9. The lowest BCUT2D eigenvalue weighted by Gasteiger charge is -2.25. The lowest BCUT2D eigenvalue weighted by Crippen LogP contribution is -2.36. The van der Waals surface area contributed by atoms with Crippen LogP contribution in [0.15, 0.2) is 12.1 Å². The zero-order valence-corrected chi connectivity index (χ0v) is 12.4. The first kappa shape index (κ1) is 15.1. The van der Waals surface area contributed by atoms with E-state index < -0.39 is 11.6 Å². The molecule has 1 aliphatic carbocycles. The minimum absolute atomic E-state index is 0.0637. The van der Waals surface area contributed by atoms with Crippen LogP contribution in [0.2, 0.25) is 0 Å². The van der Waals surface area contributed by atoms with Gasteiger partial charge >= 0.3 is 0 Å². The van der Waals surface area contributed by atoms with E-state index in [4.69, 9.17) is 5.73 Å². The zero-order valence-electron chi connectivity index (χ0n) is 11.6. The minimum Gasteiger partial charge on any atom is -0.389 e. The van der Waals surface area contributed by atoms with Crippen molar-refractivity contribution < 1.29 is 8.78 Å². The van der Waals surface area contributed by atoms with Crippen LogP contribution in [0.1, 0.15) is 25.3 Å². The number of benzene rings is 1. The first-order valence-corrected chi connectivity index (χ1v) is 7.06. The van der Waals surface area contributed by atoms with E-state index in [9.17, 15) is 8.78 Å². The molecule has 0 amide bonds. The summed E-state index contributed by atoms with van der Waals surface area (Å²) in [7, 11) is 2.05. The second kappa shape index (κ2) is 6.01. The summed E-state index contributed by atoms with van der Waals surface area (Å²) in [5, 5.41) is 2.94. The monoisotopic (exact) mass is 299 g/mol. The van der Waals surface area contributed by atoms with Crippen LogP contribution in [0.5, 0.6) is 0 Å². The van der Waals surface area contributed by atoms with Gasteiger partial charge in [0.25, 0.3) is 0 Å². The van der Waals surface area contributed by atoms with Crippen molar-refractivity contribution in [2.24, 2.45) is 5.73 Å². The van der Waals surface area contributed by atoms with Gasteiger partial charge in [-0.2, -0.15) is 0 Å². The number of thiocarbonyl (C=S) groups is 1. The largest absolute Gasteiger partial charge is 0.389 e. The van der Waals surface area contributed by atoms with Crippen LogP contribution >= 0.6 is 12.2 Å². The summed E-state index contributed by atoms with van der Waals surface area (Å²) in [6, 6.07) is 3.75. The van der Waals surface area contributed by atoms with Crippen molar-refractivity contribution in [2.45, 2.75) is 31.8 Å². The smallest absolute Gasteiger partial charge is 0.182 e. The van der Waals surface area contributed by atoms with E-state index in [1.54, 1.807) is 0 Å². The Balaban J connectivity index is 2.02. The van der Waals surface area contributed by atoms with Gasteiger partial charge in [0.1, 0.15) is 4.99 Å². The number of nitrogens with one attached hydrogen (secondary N) is 1. The van der Waals surface area contributed by atoms with Gasteiger partial charge < -0.3 is 11.1 Å². The molecule has 0 aromatic heterocycles. The van der Waals surface area contributed by atoms with E-state index in [1.807, 2.05) is 0 Å². The Morgan fingerprint density at radius 2 is 2.10 bits per heavy atom. The van der Waals surface area contributed by atoms with Gasteiger partial charge in [-0.25, -0.2) is 8.78 Å². The molecule has 6 heteroatoms. The van der Waals surface area contributed by atoms with Crippen molar-refractivity contribution in [3.05, 3.63) is 29.3 Å². The molecule has 1 aromatic rings. The molecule has 1 aliphatic rings. The first-order valence-electron chi connectivity index (χ1n) is 6.65. The van der Waals surface area contributed by atoms with Crippen molar-refractivity contribution in [2.75, 3.05) is 18.9 Å². The minimum atomic E-state index is -0.995. The zero-order chi connectivity index (χ0) is 14.9. The number of nitrogens with two attached hydrogens (primary N) is 1. The van der Waals surface area contributed by atoms with Crippen LogP contribution in [-0.2, 0) is 0 Å². The summed E-state index contributed by atoms with van der Waals surface area (Å²) >= 11 is 4.67. The predicted molar refractivity (Wildman–Crippen MR) is 81.0 cm³/mol. The number of anilines is 1. The molecule has 0 saturated heterocycles. The van der Waals surface area contributed by atoms with E-state index in [2.05, 4.69) is 36.4 Å². The molecule has 0 heterocycles. The molecule has 0 spiro atoms. The van der Waals surface area contributed by atoms with Gasteiger partial charge in [-0.15, -0.1) is 0 Å². The van der Waals surface area contributed by atoms with Crippen LogP contribution in [-0.4, -0.2) is 35.6 Å². The molecule has 1 atom stereocenters. The molecular formula is C14H19F2N3S. The first-order chi connectivity index (χ1) is 9.41. The molecule has 2 rings (SSSR count). The van der Waals surface area contributed by atoms with Crippen molar-refractivity contribution in [3.8, 4) is 0 Å². The summed E-state index contributed by atoms with van der Waals surface area (Å²) in [5.41, 5.74) is 5.41. The van der Waals surface area contributed by atoms with E-state index in [0.717, 1.165) is 0 Å². The number of hydrogen-bond donors (Lipinski definition) is 2. The molecule has 0 radical (unpaired) electrons. The maximum Gasteiger partial charge on any atom is 0.182 e. The Kier molecular flexibility index (Phi) is 4.55. The molecule has 0 aliphatic heterocycles. The highest BCUT2D eigenvalue weighted by Crippen LogP contribution is 2.27. The van der Waals surface area contributed by atoms with Crippen molar-refractivity contribution in [3.63, 3.8) is 0 Å². The molecule has 1 fully saturated rings. The molecule has 3 N–H and O–H groups in total. The average molecular weight is 299 g/mol. The van der Waals surface area contributed by atoms with Gasteiger partial charge in [0, 0.05) is 24.2 Å². The summed E-state index contributed by atoms with van der Waals surface area (Å²) < 4.78 is 27.6. The topological polar surface area (TPSA) is 41.3 Å². The third-order valence-corrected chi connectivity index (χ3v) is 3.97. The number of hydrogen-bond acceptors (Lipinski definition) is 3. The maximum absolute atomic E-state index is 13.9. The highest BCUT2D eigenvalue weighted by molar-refractivity contribution is 7.80. The van der Waals surface area contributed by atoms with Gasteiger partial charge in [0.05, 0.1) is 5.69 Å². The number of likely N-dealkylation sites (N-methyl/N-ethyl adjacent to an activating group) is 1. The van der Waals surface area contributed by atoms with Crippen LogP contribution < -0.4 is 11.1 Å². The van der Waals surface area contributed by atoms with E-state index in [-0.39, 0.29) is 22.3 Å². The molecule has 20 heavy (non-hydrogen) atoms. The Labute approximate surface area is 123 Å². The lowest BCUT2D eigenvalue weighted by molar-refractivity contribution is 0.257. The van der Waals surface area contributed by atoms with Crippen LogP contribution in [0.3, 0.4) is 0 Å². The second-order valence-corrected chi connectivity index (χ2v) is 5.72. The molecule has 0 bridgehead atoms. The summed E-state index contributed by atoms with van der Waals surface area (Å²) in [6.07, 6.45) is 2.43. The second-order valence-electron chi connectivity index (χ2n) is 5.28. The third-order valence-electron chi connectivity index (χ3n) is 3.75. The van der Waals surface area contributed by atoms with E-state index in [0.29, 0.717) is 12.6 Å². The SMILES string of the molecule is CC(CNc1ccc(C(N)=S)c(F)c1F)N(C)C1CC1. The van der Waals surface area contributed by atoms with Crippen molar-refractivity contribution in [1.29, 1.82) is 0 Å². The standard InChI is InChI=1S/C14H19F2N3S/c1-8(19(2)9-3-4-9)7-18-11-6-5-10(14(17)20)12(15)13(11)16/h5-6,8-9,18H,3-4,7H2,1-2H3,(H2,17,20). The molecule has 3 nitrogen and oxygen atoms in total. The van der Waals surface area contributed by atoms with Crippen molar-refractivity contribution in [1.82, 2.24) is 4.90 Å². The highest BCUT2D eigenvalue weighted by atomic mass is 32.1. The van der Waals surface area contributed by atoms with Crippen LogP contribution in [0.25, 0.3) is 0 Å². The van der Waals surface area contributed by atoms with Gasteiger partial charge in [0.15, 0.2) is 11.6 Å². The predicted octanol–water partition coefficient (Wildman–Crippen LogP) is 2.49. The number of halogens is 2. The van der Waals surface area contributed by atoms with Gasteiger partial charge in [-0.05, 0) is 38.9 Å².